The van der Waals surface area contributed by atoms with E-state index in [1.165, 1.54) is 23.1 Å². The summed E-state index contributed by atoms with van der Waals surface area (Å²) in [5.41, 5.74) is 0.0456. The first-order chi connectivity index (χ1) is 9.45. The lowest BCUT2D eigenvalue weighted by molar-refractivity contribution is 0.0721. The van der Waals surface area contributed by atoms with E-state index in [4.69, 9.17) is 0 Å². The highest BCUT2D eigenvalue weighted by Crippen LogP contribution is 2.20. The third-order valence-corrected chi connectivity index (χ3v) is 6.04. The Bertz CT molecular complexity index is 592. The minimum absolute atomic E-state index is 0.0456. The van der Waals surface area contributed by atoms with E-state index in [2.05, 4.69) is 0 Å². The van der Waals surface area contributed by atoms with Gasteiger partial charge in [0.15, 0.2) is 9.84 Å². The molecule has 0 radical (unpaired) electrons. The molecule has 0 spiro atoms. The number of hydrogen-bond donors (Lipinski definition) is 0. The van der Waals surface area contributed by atoms with Gasteiger partial charge in [-0.05, 0) is 25.0 Å². The number of halogens is 1. The van der Waals surface area contributed by atoms with E-state index >= 15 is 0 Å². The van der Waals surface area contributed by atoms with Crippen molar-refractivity contribution < 1.29 is 17.6 Å². The van der Waals surface area contributed by atoms with E-state index in [9.17, 15) is 17.6 Å². The highest BCUT2D eigenvalue weighted by molar-refractivity contribution is 7.92. The van der Waals surface area contributed by atoms with Crippen molar-refractivity contribution in [1.82, 2.24) is 4.90 Å². The van der Waals surface area contributed by atoms with Crippen molar-refractivity contribution in [1.29, 1.82) is 0 Å². The van der Waals surface area contributed by atoms with Crippen molar-refractivity contribution in [2.45, 2.75) is 25.0 Å². The van der Waals surface area contributed by atoms with Gasteiger partial charge in [0.25, 0.3) is 5.91 Å². The van der Waals surface area contributed by atoms with Crippen molar-refractivity contribution in [3.63, 3.8) is 0 Å². The Morgan fingerprint density at radius 3 is 2.45 bits per heavy atom. The van der Waals surface area contributed by atoms with Gasteiger partial charge in [-0.2, -0.15) is 0 Å². The SMILES string of the molecule is CCS(=O)(=O)C1CCN(C(=O)c2ccccc2F)CC1. The molecule has 0 atom stereocenters. The molecule has 0 N–H and O–H groups in total. The van der Waals surface area contributed by atoms with Gasteiger partial charge in [-0.3, -0.25) is 4.79 Å². The normalized spacial score (nSPS) is 17.2. The zero-order chi connectivity index (χ0) is 14.8. The number of likely N-dealkylation sites (tertiary alicyclic amines) is 1. The molecule has 1 aromatic rings. The standard InChI is InChI=1S/C14H18FNO3S/c1-2-20(18,19)11-7-9-16(10-8-11)14(17)12-5-3-4-6-13(12)15/h3-6,11H,2,7-10H2,1H3. The first-order valence-corrected chi connectivity index (χ1v) is 8.42. The molecule has 1 amide bonds. The fourth-order valence-corrected chi connectivity index (χ4v) is 3.86. The number of rotatable bonds is 3. The summed E-state index contributed by atoms with van der Waals surface area (Å²) in [4.78, 5) is 13.7. The van der Waals surface area contributed by atoms with E-state index in [1.807, 2.05) is 0 Å². The Hall–Kier alpha value is -1.43. The smallest absolute Gasteiger partial charge is 0.256 e. The summed E-state index contributed by atoms with van der Waals surface area (Å²) in [6.07, 6.45) is 0.854. The fraction of sp³-hybridized carbons (Fsp3) is 0.500. The topological polar surface area (TPSA) is 54.5 Å². The Balaban J connectivity index is 2.05. The molecule has 1 heterocycles. The quantitative estimate of drug-likeness (QED) is 0.856. The third kappa shape index (κ3) is 3.00. The van der Waals surface area contributed by atoms with Gasteiger partial charge in [-0.25, -0.2) is 12.8 Å². The molecule has 0 aliphatic carbocycles. The van der Waals surface area contributed by atoms with Crippen LogP contribution in [0.1, 0.15) is 30.1 Å². The number of carbonyl (C=O) groups excluding carboxylic acids is 1. The van der Waals surface area contributed by atoms with Gasteiger partial charge >= 0.3 is 0 Å². The molecule has 2 rings (SSSR count). The van der Waals surface area contributed by atoms with Gasteiger partial charge in [-0.15, -0.1) is 0 Å². The van der Waals surface area contributed by atoms with Crippen LogP contribution < -0.4 is 0 Å². The summed E-state index contributed by atoms with van der Waals surface area (Å²) in [5.74, 6) is -0.782. The molecule has 1 aliphatic rings. The average molecular weight is 299 g/mol. The second-order valence-electron chi connectivity index (χ2n) is 4.92. The first-order valence-electron chi connectivity index (χ1n) is 6.71. The van der Waals surface area contributed by atoms with Crippen molar-refractivity contribution >= 4 is 15.7 Å². The molecule has 0 aromatic heterocycles. The zero-order valence-corrected chi connectivity index (χ0v) is 12.2. The van der Waals surface area contributed by atoms with Crippen LogP contribution in [0.3, 0.4) is 0 Å². The van der Waals surface area contributed by atoms with Crippen molar-refractivity contribution in [2.24, 2.45) is 0 Å². The molecule has 1 aliphatic heterocycles. The number of carbonyl (C=O) groups is 1. The van der Waals surface area contributed by atoms with Gasteiger partial charge in [0.2, 0.25) is 0 Å². The van der Waals surface area contributed by atoms with Crippen LogP contribution in [-0.2, 0) is 9.84 Å². The van der Waals surface area contributed by atoms with E-state index in [1.54, 1.807) is 13.0 Å². The summed E-state index contributed by atoms with van der Waals surface area (Å²) in [6.45, 7) is 2.35. The van der Waals surface area contributed by atoms with Crippen LogP contribution in [0.4, 0.5) is 4.39 Å². The van der Waals surface area contributed by atoms with Gasteiger partial charge in [0.1, 0.15) is 5.82 Å². The van der Waals surface area contributed by atoms with Crippen molar-refractivity contribution in [3.8, 4) is 0 Å². The maximum Gasteiger partial charge on any atom is 0.256 e. The molecule has 1 saturated heterocycles. The number of sulfone groups is 1. The van der Waals surface area contributed by atoms with Crippen LogP contribution in [0, 0.1) is 5.82 Å². The Kier molecular flexibility index (Phi) is 4.42. The molecule has 1 fully saturated rings. The number of amides is 1. The number of benzene rings is 1. The predicted octanol–water partition coefficient (Wildman–Crippen LogP) is 1.87. The van der Waals surface area contributed by atoms with Gasteiger partial charge in [-0.1, -0.05) is 19.1 Å². The first kappa shape index (κ1) is 15.0. The lowest BCUT2D eigenvalue weighted by Gasteiger charge is -2.31. The molecule has 110 valence electrons. The summed E-state index contributed by atoms with van der Waals surface area (Å²) >= 11 is 0. The molecule has 20 heavy (non-hydrogen) atoms. The summed E-state index contributed by atoms with van der Waals surface area (Å²) in [5, 5.41) is -0.378. The Labute approximate surface area is 118 Å². The summed E-state index contributed by atoms with van der Waals surface area (Å²) in [6, 6.07) is 5.85. The largest absolute Gasteiger partial charge is 0.338 e. The lowest BCUT2D eigenvalue weighted by atomic mass is 10.1. The number of nitrogens with zero attached hydrogens (tertiary/aromatic N) is 1. The van der Waals surface area contributed by atoms with Crippen molar-refractivity contribution in [2.75, 3.05) is 18.8 Å². The molecular weight excluding hydrogens is 281 g/mol. The van der Waals surface area contributed by atoms with E-state index < -0.39 is 15.7 Å². The van der Waals surface area contributed by atoms with Gasteiger partial charge < -0.3 is 4.90 Å². The van der Waals surface area contributed by atoms with Gasteiger partial charge in [0, 0.05) is 18.8 Å². The van der Waals surface area contributed by atoms with E-state index in [0.29, 0.717) is 25.9 Å². The monoisotopic (exact) mass is 299 g/mol. The van der Waals surface area contributed by atoms with Crippen LogP contribution in [0.2, 0.25) is 0 Å². The summed E-state index contributed by atoms with van der Waals surface area (Å²) < 4.78 is 37.2. The highest BCUT2D eigenvalue weighted by atomic mass is 32.2. The molecule has 6 heteroatoms. The molecule has 0 unspecified atom stereocenters. The molecule has 0 bridgehead atoms. The van der Waals surface area contributed by atoms with Crippen LogP contribution >= 0.6 is 0 Å². The van der Waals surface area contributed by atoms with Gasteiger partial charge in [0.05, 0.1) is 10.8 Å². The lowest BCUT2D eigenvalue weighted by Crippen LogP contribution is -2.43. The van der Waals surface area contributed by atoms with Crippen LogP contribution in [0.25, 0.3) is 0 Å². The molecular formula is C14H18FNO3S. The predicted molar refractivity (Wildman–Crippen MR) is 74.8 cm³/mol. The minimum Gasteiger partial charge on any atom is -0.338 e. The zero-order valence-electron chi connectivity index (χ0n) is 11.4. The number of hydrogen-bond acceptors (Lipinski definition) is 3. The van der Waals surface area contributed by atoms with E-state index in [0.717, 1.165) is 0 Å². The van der Waals surface area contributed by atoms with Crippen LogP contribution in [0.15, 0.2) is 24.3 Å². The number of piperidine rings is 1. The summed E-state index contributed by atoms with van der Waals surface area (Å²) in [7, 11) is -3.06. The van der Waals surface area contributed by atoms with E-state index in [-0.39, 0.29) is 22.5 Å². The Morgan fingerprint density at radius 1 is 1.30 bits per heavy atom. The second-order valence-corrected chi connectivity index (χ2v) is 7.49. The Morgan fingerprint density at radius 2 is 1.90 bits per heavy atom. The third-order valence-electron chi connectivity index (χ3n) is 3.74. The average Bonchev–Trinajstić information content (AvgIpc) is 2.47. The fourth-order valence-electron chi connectivity index (χ4n) is 2.46. The molecule has 4 nitrogen and oxygen atoms in total. The maximum atomic E-state index is 13.6. The van der Waals surface area contributed by atoms with Crippen LogP contribution in [-0.4, -0.2) is 43.3 Å². The maximum absolute atomic E-state index is 13.6. The highest BCUT2D eigenvalue weighted by Gasteiger charge is 2.31. The van der Waals surface area contributed by atoms with Crippen LogP contribution in [0.5, 0.6) is 0 Å². The minimum atomic E-state index is -3.06. The molecule has 1 aromatic carbocycles. The van der Waals surface area contributed by atoms with Crippen molar-refractivity contribution in [3.05, 3.63) is 35.6 Å². The second kappa shape index (κ2) is 5.91. The molecule has 0 saturated carbocycles.